The molecule has 0 aliphatic heterocycles. The Morgan fingerprint density at radius 3 is 2.47 bits per heavy atom. The monoisotopic (exact) mass is 272 g/mol. The van der Waals surface area contributed by atoms with Crippen molar-refractivity contribution in [3.05, 3.63) is 43.0 Å². The maximum Gasteiger partial charge on any atom is 0.0547 e. The molecule has 0 unspecified atom stereocenters. The van der Waals surface area contributed by atoms with Gasteiger partial charge >= 0.3 is 0 Å². The number of hydrogen-bond donors (Lipinski definition) is 0. The van der Waals surface area contributed by atoms with Gasteiger partial charge in [0, 0.05) is 0 Å². The topological polar surface area (TPSA) is 0 Å². The summed E-state index contributed by atoms with van der Waals surface area (Å²) in [4.78, 5) is 0. The van der Waals surface area contributed by atoms with Gasteiger partial charge in [0.2, 0.25) is 0 Å². The van der Waals surface area contributed by atoms with Crippen molar-refractivity contribution in [1.29, 1.82) is 0 Å². The van der Waals surface area contributed by atoms with Crippen LogP contribution in [0.2, 0.25) is 6.04 Å². The van der Waals surface area contributed by atoms with E-state index in [0.717, 1.165) is 11.8 Å². The Bertz CT molecular complexity index is 349. The van der Waals surface area contributed by atoms with Gasteiger partial charge in [0.1, 0.15) is 0 Å². The third-order valence-electron chi connectivity index (χ3n) is 4.65. The summed E-state index contributed by atoms with van der Waals surface area (Å²) in [5.74, 6) is 1.84. The highest BCUT2D eigenvalue weighted by Crippen LogP contribution is 2.32. The normalized spacial score (nSPS) is 23.8. The van der Waals surface area contributed by atoms with Gasteiger partial charge in [0.25, 0.3) is 0 Å². The Morgan fingerprint density at radius 2 is 1.79 bits per heavy atom. The fraction of sp³-hybridized carbons (Fsp3) is 0.556. The second-order valence-electron chi connectivity index (χ2n) is 6.10. The van der Waals surface area contributed by atoms with Crippen LogP contribution in [0.4, 0.5) is 0 Å². The molecule has 0 bridgehead atoms. The number of rotatable bonds is 7. The molecule has 0 spiro atoms. The van der Waals surface area contributed by atoms with Crippen molar-refractivity contribution in [2.75, 3.05) is 0 Å². The highest BCUT2D eigenvalue weighted by molar-refractivity contribution is 6.53. The van der Waals surface area contributed by atoms with E-state index in [1.165, 1.54) is 51.0 Å². The lowest BCUT2D eigenvalue weighted by Gasteiger charge is -2.26. The van der Waals surface area contributed by atoms with E-state index in [2.05, 4.69) is 43.0 Å². The van der Waals surface area contributed by atoms with E-state index in [0.29, 0.717) is 0 Å². The molecule has 1 saturated carbocycles. The molecular formula is C18H28Si. The Labute approximate surface area is 121 Å². The predicted molar refractivity (Wildman–Crippen MR) is 88.9 cm³/mol. The number of allylic oxidation sites excluding steroid dienone is 1. The minimum absolute atomic E-state index is 0.0144. The summed E-state index contributed by atoms with van der Waals surface area (Å²) >= 11 is 0. The second-order valence-corrected chi connectivity index (χ2v) is 8.13. The maximum atomic E-state index is 3.93. The van der Waals surface area contributed by atoms with Crippen LogP contribution in [0.5, 0.6) is 0 Å². The van der Waals surface area contributed by atoms with Crippen LogP contribution in [0.25, 0.3) is 0 Å². The van der Waals surface area contributed by atoms with Crippen molar-refractivity contribution in [3.8, 4) is 0 Å². The minimum atomic E-state index is 0.0144. The van der Waals surface area contributed by atoms with Crippen molar-refractivity contribution in [2.45, 2.75) is 51.0 Å². The van der Waals surface area contributed by atoms with Crippen LogP contribution in [0, 0.1) is 11.8 Å². The van der Waals surface area contributed by atoms with Crippen LogP contribution in [-0.4, -0.2) is 9.52 Å². The van der Waals surface area contributed by atoms with Crippen molar-refractivity contribution in [2.24, 2.45) is 11.8 Å². The highest BCUT2D eigenvalue weighted by atomic mass is 28.2. The molecule has 1 fully saturated rings. The van der Waals surface area contributed by atoms with Gasteiger partial charge in [-0.25, -0.2) is 0 Å². The summed E-state index contributed by atoms with van der Waals surface area (Å²) in [5.41, 5.74) is 0. The van der Waals surface area contributed by atoms with Gasteiger partial charge in [0.05, 0.1) is 9.52 Å². The predicted octanol–water partition coefficient (Wildman–Crippen LogP) is 4.06. The lowest BCUT2D eigenvalue weighted by Crippen LogP contribution is -2.14. The van der Waals surface area contributed by atoms with Crippen molar-refractivity contribution < 1.29 is 0 Å². The zero-order valence-corrected chi connectivity index (χ0v) is 13.6. The molecule has 104 valence electrons. The zero-order chi connectivity index (χ0) is 13.3. The van der Waals surface area contributed by atoms with E-state index in [4.69, 9.17) is 0 Å². The molecule has 0 heterocycles. The lowest BCUT2D eigenvalue weighted by molar-refractivity contribution is 0.291. The Hall–Kier alpha value is -0.823. The second kappa shape index (κ2) is 8.37. The quantitative estimate of drug-likeness (QED) is 0.399. The van der Waals surface area contributed by atoms with E-state index in [1.807, 2.05) is 0 Å². The van der Waals surface area contributed by atoms with E-state index < -0.39 is 0 Å². The van der Waals surface area contributed by atoms with Crippen molar-refractivity contribution in [1.82, 2.24) is 0 Å². The van der Waals surface area contributed by atoms with Gasteiger partial charge < -0.3 is 0 Å². The van der Waals surface area contributed by atoms with Crippen LogP contribution in [-0.2, 0) is 0 Å². The smallest absolute Gasteiger partial charge is 0.0547 e. The molecule has 1 aliphatic rings. The molecule has 1 heteroatoms. The van der Waals surface area contributed by atoms with Gasteiger partial charge in [0.15, 0.2) is 0 Å². The first-order valence-corrected chi connectivity index (χ1v) is 9.75. The largest absolute Gasteiger partial charge is 0.103 e. The van der Waals surface area contributed by atoms with Gasteiger partial charge in [-0.3, -0.25) is 0 Å². The molecule has 0 radical (unpaired) electrons. The lowest BCUT2D eigenvalue weighted by atomic mass is 9.80. The van der Waals surface area contributed by atoms with E-state index in [9.17, 15) is 0 Å². The molecule has 0 atom stereocenters. The van der Waals surface area contributed by atoms with E-state index in [1.54, 1.807) is 5.19 Å². The molecule has 0 saturated heterocycles. The summed E-state index contributed by atoms with van der Waals surface area (Å²) < 4.78 is 0. The molecule has 2 rings (SSSR count). The number of benzene rings is 1. The highest BCUT2D eigenvalue weighted by Gasteiger charge is 2.18. The standard InChI is InChI=1S/C18H28Si/c1-2-16-11-13-17(14-12-16)8-6-7-15-19-18-9-4-3-5-10-18/h2-5,9-10,16-17H,1,6-8,11-15,19H2. The molecule has 1 aromatic carbocycles. The Morgan fingerprint density at radius 1 is 1.05 bits per heavy atom. The Kier molecular flexibility index (Phi) is 6.42. The first-order valence-electron chi connectivity index (χ1n) is 8.05. The summed E-state index contributed by atoms with van der Waals surface area (Å²) in [7, 11) is 0.0144. The average Bonchev–Trinajstić information content (AvgIpc) is 2.49. The fourth-order valence-electron chi connectivity index (χ4n) is 3.30. The van der Waals surface area contributed by atoms with Crippen LogP contribution in [0.1, 0.15) is 44.9 Å². The van der Waals surface area contributed by atoms with Gasteiger partial charge in [-0.05, 0) is 37.5 Å². The molecule has 0 nitrogen and oxygen atoms in total. The summed E-state index contributed by atoms with van der Waals surface area (Å²) in [6.07, 6.45) is 12.3. The summed E-state index contributed by atoms with van der Waals surface area (Å²) in [5, 5.41) is 1.63. The molecule has 0 aromatic heterocycles. The van der Waals surface area contributed by atoms with Gasteiger partial charge in [-0.2, -0.15) is 0 Å². The van der Waals surface area contributed by atoms with Crippen LogP contribution in [0.3, 0.4) is 0 Å². The van der Waals surface area contributed by atoms with E-state index in [-0.39, 0.29) is 9.52 Å². The molecule has 1 aliphatic carbocycles. The Balaban J connectivity index is 1.52. The summed E-state index contributed by atoms with van der Waals surface area (Å²) in [6.45, 7) is 3.93. The van der Waals surface area contributed by atoms with Gasteiger partial charge in [-0.1, -0.05) is 66.9 Å². The molecule has 0 amide bonds. The fourth-order valence-corrected chi connectivity index (χ4v) is 4.91. The zero-order valence-electron chi connectivity index (χ0n) is 12.2. The third kappa shape index (κ3) is 5.36. The molecule has 1 aromatic rings. The maximum absolute atomic E-state index is 3.93. The minimum Gasteiger partial charge on any atom is -0.103 e. The number of hydrogen-bond acceptors (Lipinski definition) is 0. The molecule has 0 N–H and O–H groups in total. The van der Waals surface area contributed by atoms with Crippen LogP contribution in [0.15, 0.2) is 43.0 Å². The van der Waals surface area contributed by atoms with E-state index >= 15 is 0 Å². The third-order valence-corrected chi connectivity index (χ3v) is 6.55. The SMILES string of the molecule is C=CC1CCC(CCCC[SiH2]c2ccccc2)CC1. The molecule has 19 heavy (non-hydrogen) atoms. The van der Waals surface area contributed by atoms with Crippen molar-refractivity contribution >= 4 is 14.7 Å². The van der Waals surface area contributed by atoms with Crippen molar-refractivity contribution in [3.63, 3.8) is 0 Å². The molecular weight excluding hydrogens is 244 g/mol. The first-order chi connectivity index (χ1) is 9.38. The average molecular weight is 273 g/mol. The van der Waals surface area contributed by atoms with Crippen LogP contribution >= 0.6 is 0 Å². The van der Waals surface area contributed by atoms with Crippen LogP contribution < -0.4 is 5.19 Å². The summed E-state index contributed by atoms with van der Waals surface area (Å²) in [6, 6.07) is 12.6. The number of unbranched alkanes of at least 4 members (excludes halogenated alkanes) is 1. The first kappa shape index (κ1) is 14.6. The van der Waals surface area contributed by atoms with Gasteiger partial charge in [-0.15, -0.1) is 6.58 Å².